The molecule has 0 fully saturated rings. The van der Waals surface area contributed by atoms with Gasteiger partial charge in [0.1, 0.15) is 0 Å². The van der Waals surface area contributed by atoms with Crippen molar-refractivity contribution in [1.29, 1.82) is 0 Å². The van der Waals surface area contributed by atoms with E-state index in [0.717, 1.165) is 0 Å². The van der Waals surface area contributed by atoms with E-state index < -0.39 is 11.9 Å². The maximum atomic E-state index is 11.1. The average molecular weight is 242 g/mol. The fourth-order valence-electron chi connectivity index (χ4n) is 1.66. The molecule has 3 N–H and O–H groups in total. The Bertz CT molecular complexity index is 623. The van der Waals surface area contributed by atoms with E-state index in [1.807, 2.05) is 0 Å². The van der Waals surface area contributed by atoms with Crippen LogP contribution >= 0.6 is 0 Å². The van der Waals surface area contributed by atoms with Gasteiger partial charge < -0.3 is 10.8 Å². The van der Waals surface area contributed by atoms with Crippen molar-refractivity contribution >= 4 is 11.9 Å². The molecule has 0 aliphatic carbocycles. The molecule has 0 spiro atoms. The lowest BCUT2D eigenvalue weighted by atomic mass is 10.00. The van der Waals surface area contributed by atoms with Crippen LogP contribution in [-0.4, -0.2) is 22.0 Å². The summed E-state index contributed by atoms with van der Waals surface area (Å²) in [6, 6.07) is 8.09. The number of nitrogens with two attached hydrogens (primary N) is 1. The monoisotopic (exact) mass is 242 g/mol. The third-order valence-corrected chi connectivity index (χ3v) is 2.51. The molecular weight excluding hydrogens is 232 g/mol. The summed E-state index contributed by atoms with van der Waals surface area (Å²) >= 11 is 0. The predicted octanol–water partition coefficient (Wildman–Crippen LogP) is 1.55. The molecular formula is C13H10N2O3. The second-order valence-corrected chi connectivity index (χ2v) is 3.67. The van der Waals surface area contributed by atoms with Crippen LogP contribution in [0.15, 0.2) is 42.7 Å². The highest BCUT2D eigenvalue weighted by Crippen LogP contribution is 2.23. The van der Waals surface area contributed by atoms with Crippen molar-refractivity contribution in [1.82, 2.24) is 4.98 Å². The Hall–Kier alpha value is -2.69. The summed E-state index contributed by atoms with van der Waals surface area (Å²) in [6.07, 6.45) is 2.77. The van der Waals surface area contributed by atoms with Gasteiger partial charge in [-0.05, 0) is 29.3 Å². The highest BCUT2D eigenvalue weighted by Gasteiger charge is 2.12. The third-order valence-electron chi connectivity index (χ3n) is 2.51. The highest BCUT2D eigenvalue weighted by molar-refractivity contribution is 5.98. The molecule has 2 aromatic rings. The average Bonchev–Trinajstić information content (AvgIpc) is 2.39. The van der Waals surface area contributed by atoms with Crippen LogP contribution in [0.1, 0.15) is 20.7 Å². The number of aromatic nitrogens is 1. The molecule has 0 aliphatic rings. The number of hydrogen-bond donors (Lipinski definition) is 2. The van der Waals surface area contributed by atoms with E-state index in [9.17, 15) is 9.59 Å². The van der Waals surface area contributed by atoms with E-state index in [0.29, 0.717) is 16.7 Å². The molecule has 1 heterocycles. The van der Waals surface area contributed by atoms with Gasteiger partial charge in [0, 0.05) is 18.0 Å². The second kappa shape index (κ2) is 4.67. The molecule has 2 rings (SSSR count). The summed E-state index contributed by atoms with van der Waals surface area (Å²) in [5, 5.41) is 9.07. The molecule has 5 nitrogen and oxygen atoms in total. The maximum Gasteiger partial charge on any atom is 0.337 e. The summed E-state index contributed by atoms with van der Waals surface area (Å²) in [7, 11) is 0. The van der Waals surface area contributed by atoms with E-state index in [2.05, 4.69) is 4.98 Å². The summed E-state index contributed by atoms with van der Waals surface area (Å²) in [5.41, 5.74) is 6.72. The number of rotatable bonds is 3. The van der Waals surface area contributed by atoms with Gasteiger partial charge in [0.05, 0.1) is 5.56 Å². The Labute approximate surface area is 103 Å². The van der Waals surface area contributed by atoms with Gasteiger partial charge in [-0.2, -0.15) is 0 Å². The summed E-state index contributed by atoms with van der Waals surface area (Å²) in [4.78, 5) is 26.0. The standard InChI is InChI=1S/C13H10N2O3/c14-12(16)9-3-1-2-8(6-9)10-4-5-15-7-11(10)13(17)18/h1-7H,(H2,14,16)(H,17,18). The quantitative estimate of drug-likeness (QED) is 0.853. The Morgan fingerprint density at radius 3 is 2.67 bits per heavy atom. The zero-order chi connectivity index (χ0) is 13.1. The normalized spacial score (nSPS) is 10.0. The number of nitrogens with zero attached hydrogens (tertiary/aromatic N) is 1. The number of aromatic carboxylic acids is 1. The van der Waals surface area contributed by atoms with Gasteiger partial charge in [-0.25, -0.2) is 4.79 Å². The number of benzene rings is 1. The largest absolute Gasteiger partial charge is 0.478 e. The molecule has 0 radical (unpaired) electrons. The lowest BCUT2D eigenvalue weighted by Gasteiger charge is -2.06. The Morgan fingerprint density at radius 1 is 1.22 bits per heavy atom. The number of pyridine rings is 1. The van der Waals surface area contributed by atoms with Gasteiger partial charge in [0.15, 0.2) is 0 Å². The van der Waals surface area contributed by atoms with Crippen molar-refractivity contribution in [3.05, 3.63) is 53.9 Å². The van der Waals surface area contributed by atoms with E-state index in [1.54, 1.807) is 30.3 Å². The number of hydrogen-bond acceptors (Lipinski definition) is 3. The predicted molar refractivity (Wildman–Crippen MR) is 65.2 cm³/mol. The molecule has 18 heavy (non-hydrogen) atoms. The Morgan fingerprint density at radius 2 is 2.00 bits per heavy atom. The first-order chi connectivity index (χ1) is 8.59. The van der Waals surface area contributed by atoms with Gasteiger partial charge >= 0.3 is 5.97 Å². The maximum absolute atomic E-state index is 11.1. The van der Waals surface area contributed by atoms with Crippen molar-refractivity contribution < 1.29 is 14.7 Å². The summed E-state index contributed by atoms with van der Waals surface area (Å²) in [5.74, 6) is -1.62. The van der Waals surface area contributed by atoms with Crippen LogP contribution in [0.5, 0.6) is 0 Å². The van der Waals surface area contributed by atoms with E-state index in [-0.39, 0.29) is 5.56 Å². The summed E-state index contributed by atoms with van der Waals surface area (Å²) < 4.78 is 0. The fraction of sp³-hybridized carbons (Fsp3) is 0. The SMILES string of the molecule is NC(=O)c1cccc(-c2ccncc2C(=O)O)c1. The highest BCUT2D eigenvalue weighted by atomic mass is 16.4. The molecule has 0 unspecified atom stereocenters. The van der Waals surface area contributed by atoms with Crippen LogP contribution in [0.3, 0.4) is 0 Å². The molecule has 1 amide bonds. The lowest BCUT2D eigenvalue weighted by molar-refractivity contribution is 0.0697. The molecule has 90 valence electrons. The lowest BCUT2D eigenvalue weighted by Crippen LogP contribution is -2.10. The topological polar surface area (TPSA) is 93.3 Å². The number of primary amides is 1. The minimum atomic E-state index is -1.07. The molecule has 0 saturated heterocycles. The molecule has 0 saturated carbocycles. The van der Waals surface area contributed by atoms with Crippen LogP contribution in [0, 0.1) is 0 Å². The van der Waals surface area contributed by atoms with Crippen LogP contribution in [-0.2, 0) is 0 Å². The number of amides is 1. The number of carboxylic acids is 1. The Balaban J connectivity index is 2.58. The molecule has 0 atom stereocenters. The first-order valence-electron chi connectivity index (χ1n) is 5.17. The van der Waals surface area contributed by atoms with Gasteiger partial charge in [-0.1, -0.05) is 12.1 Å². The van der Waals surface area contributed by atoms with Gasteiger partial charge in [0.2, 0.25) is 5.91 Å². The van der Waals surface area contributed by atoms with Gasteiger partial charge in [-0.15, -0.1) is 0 Å². The zero-order valence-corrected chi connectivity index (χ0v) is 9.33. The van der Waals surface area contributed by atoms with Crippen LogP contribution in [0.2, 0.25) is 0 Å². The van der Waals surface area contributed by atoms with Crippen molar-refractivity contribution in [2.24, 2.45) is 5.73 Å². The minimum Gasteiger partial charge on any atom is -0.478 e. The van der Waals surface area contributed by atoms with Crippen LogP contribution in [0.25, 0.3) is 11.1 Å². The molecule has 0 bridgehead atoms. The third kappa shape index (κ3) is 2.20. The van der Waals surface area contributed by atoms with Crippen molar-refractivity contribution in [3.8, 4) is 11.1 Å². The van der Waals surface area contributed by atoms with Crippen molar-refractivity contribution in [2.75, 3.05) is 0 Å². The smallest absolute Gasteiger partial charge is 0.337 e. The first-order valence-corrected chi connectivity index (χ1v) is 5.17. The van der Waals surface area contributed by atoms with E-state index in [4.69, 9.17) is 10.8 Å². The number of carbonyl (C=O) groups is 2. The van der Waals surface area contributed by atoms with E-state index >= 15 is 0 Å². The summed E-state index contributed by atoms with van der Waals surface area (Å²) in [6.45, 7) is 0. The number of carboxylic acid groups (broad SMARTS) is 1. The van der Waals surface area contributed by atoms with Crippen molar-refractivity contribution in [3.63, 3.8) is 0 Å². The van der Waals surface area contributed by atoms with Gasteiger partial charge in [-0.3, -0.25) is 9.78 Å². The number of carbonyl (C=O) groups excluding carboxylic acids is 1. The van der Waals surface area contributed by atoms with Gasteiger partial charge in [0.25, 0.3) is 0 Å². The van der Waals surface area contributed by atoms with Crippen LogP contribution in [0.4, 0.5) is 0 Å². The fourth-order valence-corrected chi connectivity index (χ4v) is 1.66. The van der Waals surface area contributed by atoms with E-state index in [1.165, 1.54) is 12.4 Å². The molecule has 0 aliphatic heterocycles. The van der Waals surface area contributed by atoms with Crippen LogP contribution < -0.4 is 5.73 Å². The molecule has 1 aromatic carbocycles. The zero-order valence-electron chi connectivity index (χ0n) is 9.33. The molecule has 1 aromatic heterocycles. The second-order valence-electron chi connectivity index (χ2n) is 3.67. The molecule has 5 heteroatoms. The van der Waals surface area contributed by atoms with Crippen molar-refractivity contribution in [2.45, 2.75) is 0 Å². The first kappa shape index (κ1) is 11.8. The minimum absolute atomic E-state index is 0.0825. The Kier molecular flexibility index (Phi) is 3.05.